The largest absolute Gasteiger partial charge is 0.317 e. The number of benzene rings is 1. The van der Waals surface area contributed by atoms with Crippen molar-refractivity contribution in [3.05, 3.63) is 35.9 Å². The van der Waals surface area contributed by atoms with Gasteiger partial charge in [-0.25, -0.2) is 0 Å². The van der Waals surface area contributed by atoms with E-state index in [4.69, 9.17) is 0 Å². The van der Waals surface area contributed by atoms with E-state index >= 15 is 0 Å². The fourth-order valence-electron chi connectivity index (χ4n) is 2.60. The van der Waals surface area contributed by atoms with E-state index in [1.165, 1.54) is 44.1 Å². The summed E-state index contributed by atoms with van der Waals surface area (Å²) >= 11 is 0. The summed E-state index contributed by atoms with van der Waals surface area (Å²) in [5.41, 5.74) is 1.47. The van der Waals surface area contributed by atoms with Crippen LogP contribution in [0.1, 0.15) is 51.5 Å². The van der Waals surface area contributed by atoms with Gasteiger partial charge in [-0.1, -0.05) is 57.0 Å². The van der Waals surface area contributed by atoms with Crippen LogP contribution in [0.4, 0.5) is 0 Å². The molecule has 102 valence electrons. The predicted molar refractivity (Wildman–Crippen MR) is 80.9 cm³/mol. The van der Waals surface area contributed by atoms with Gasteiger partial charge in [0.05, 0.1) is 0 Å². The Bertz CT molecular complexity index is 290. The molecule has 18 heavy (non-hydrogen) atoms. The van der Waals surface area contributed by atoms with E-state index in [0.717, 1.165) is 5.92 Å². The van der Waals surface area contributed by atoms with Crippen molar-refractivity contribution in [1.82, 2.24) is 5.32 Å². The molecule has 0 saturated carbocycles. The molecule has 0 fully saturated rings. The van der Waals surface area contributed by atoms with Gasteiger partial charge in [0.2, 0.25) is 0 Å². The second-order valence-corrected chi connectivity index (χ2v) is 5.28. The molecular formula is C17H29N. The number of nitrogens with one attached hydrogen (secondary N) is 1. The summed E-state index contributed by atoms with van der Waals surface area (Å²) in [6.07, 6.45) is 7.75. The van der Waals surface area contributed by atoms with Gasteiger partial charge in [-0.2, -0.15) is 0 Å². The van der Waals surface area contributed by atoms with Crippen molar-refractivity contribution in [2.45, 2.75) is 58.4 Å². The Morgan fingerprint density at radius 2 is 1.72 bits per heavy atom. The molecule has 1 heteroatoms. The van der Waals surface area contributed by atoms with Gasteiger partial charge in [-0.15, -0.1) is 0 Å². The van der Waals surface area contributed by atoms with Gasteiger partial charge in [0, 0.05) is 6.04 Å². The lowest BCUT2D eigenvalue weighted by molar-refractivity contribution is 0.361. The van der Waals surface area contributed by atoms with Crippen LogP contribution in [0.2, 0.25) is 0 Å². The minimum atomic E-state index is 0.693. The van der Waals surface area contributed by atoms with Crippen molar-refractivity contribution in [1.29, 1.82) is 0 Å². The average Bonchev–Trinajstić information content (AvgIpc) is 2.44. The molecule has 1 aromatic rings. The van der Waals surface area contributed by atoms with Crippen LogP contribution < -0.4 is 5.32 Å². The standard InChI is InChI=1S/C17H29N/c1-4-15(5-2)14-17(18-3)13-9-12-16-10-7-6-8-11-16/h6-8,10-11,15,17-18H,4-5,9,12-14H2,1-3H3. The van der Waals surface area contributed by atoms with Crippen LogP contribution in [0.5, 0.6) is 0 Å². The molecule has 1 aromatic carbocycles. The van der Waals surface area contributed by atoms with E-state index in [2.05, 4.69) is 56.5 Å². The Balaban J connectivity index is 2.27. The molecule has 0 bridgehead atoms. The zero-order valence-corrected chi connectivity index (χ0v) is 12.3. The summed E-state index contributed by atoms with van der Waals surface area (Å²) in [7, 11) is 2.11. The van der Waals surface area contributed by atoms with Crippen LogP contribution in [0.3, 0.4) is 0 Å². The number of aryl methyl sites for hydroxylation is 1. The first kappa shape index (κ1) is 15.2. The lowest BCUT2D eigenvalue weighted by Crippen LogP contribution is -2.27. The van der Waals surface area contributed by atoms with Gasteiger partial charge in [-0.05, 0) is 44.2 Å². The first-order valence-corrected chi connectivity index (χ1v) is 7.51. The third kappa shape index (κ3) is 5.68. The van der Waals surface area contributed by atoms with Crippen molar-refractivity contribution in [2.75, 3.05) is 7.05 Å². The number of rotatable bonds is 9. The number of hydrogen-bond donors (Lipinski definition) is 1. The van der Waals surface area contributed by atoms with Gasteiger partial charge in [0.15, 0.2) is 0 Å². The van der Waals surface area contributed by atoms with Crippen molar-refractivity contribution in [3.63, 3.8) is 0 Å². The monoisotopic (exact) mass is 247 g/mol. The molecule has 1 rings (SSSR count). The third-order valence-corrected chi connectivity index (χ3v) is 4.04. The van der Waals surface area contributed by atoms with E-state index in [0.29, 0.717) is 6.04 Å². The molecule has 0 amide bonds. The van der Waals surface area contributed by atoms with Crippen molar-refractivity contribution in [3.8, 4) is 0 Å². The van der Waals surface area contributed by atoms with Crippen LogP contribution in [0.15, 0.2) is 30.3 Å². The molecule has 0 aliphatic rings. The molecule has 1 N–H and O–H groups in total. The topological polar surface area (TPSA) is 12.0 Å². The Morgan fingerprint density at radius 3 is 2.28 bits per heavy atom. The molecule has 0 spiro atoms. The van der Waals surface area contributed by atoms with Gasteiger partial charge in [0.25, 0.3) is 0 Å². The normalized spacial score (nSPS) is 12.9. The minimum Gasteiger partial charge on any atom is -0.317 e. The maximum absolute atomic E-state index is 3.49. The zero-order valence-electron chi connectivity index (χ0n) is 12.3. The highest BCUT2D eigenvalue weighted by molar-refractivity contribution is 5.14. The molecule has 0 aliphatic carbocycles. The second kappa shape index (κ2) is 9.16. The highest BCUT2D eigenvalue weighted by Crippen LogP contribution is 2.18. The molecule has 0 aliphatic heterocycles. The Kier molecular flexibility index (Phi) is 7.75. The molecule has 1 nitrogen and oxygen atoms in total. The lowest BCUT2D eigenvalue weighted by atomic mass is 9.92. The fourth-order valence-corrected chi connectivity index (χ4v) is 2.60. The lowest BCUT2D eigenvalue weighted by Gasteiger charge is -2.21. The van der Waals surface area contributed by atoms with Crippen LogP contribution >= 0.6 is 0 Å². The molecule has 0 heterocycles. The SMILES string of the molecule is CCC(CC)CC(CCCc1ccccc1)NC. The molecular weight excluding hydrogens is 218 g/mol. The highest BCUT2D eigenvalue weighted by atomic mass is 14.9. The third-order valence-electron chi connectivity index (χ3n) is 4.04. The van der Waals surface area contributed by atoms with Gasteiger partial charge in [-0.3, -0.25) is 0 Å². The van der Waals surface area contributed by atoms with Crippen molar-refractivity contribution < 1.29 is 0 Å². The van der Waals surface area contributed by atoms with Crippen LogP contribution in [0.25, 0.3) is 0 Å². The number of hydrogen-bond acceptors (Lipinski definition) is 1. The maximum Gasteiger partial charge on any atom is 0.00668 e. The van der Waals surface area contributed by atoms with E-state index in [1.807, 2.05) is 0 Å². The summed E-state index contributed by atoms with van der Waals surface area (Å²) in [5, 5.41) is 3.49. The first-order chi connectivity index (χ1) is 8.80. The molecule has 1 unspecified atom stereocenters. The van der Waals surface area contributed by atoms with E-state index in [9.17, 15) is 0 Å². The Hall–Kier alpha value is -0.820. The first-order valence-electron chi connectivity index (χ1n) is 7.51. The van der Waals surface area contributed by atoms with Gasteiger partial charge in [0.1, 0.15) is 0 Å². The minimum absolute atomic E-state index is 0.693. The summed E-state index contributed by atoms with van der Waals surface area (Å²) in [6.45, 7) is 4.62. The van der Waals surface area contributed by atoms with Crippen molar-refractivity contribution >= 4 is 0 Å². The predicted octanol–water partition coefficient (Wildman–Crippen LogP) is 4.42. The van der Waals surface area contributed by atoms with E-state index in [-0.39, 0.29) is 0 Å². The summed E-state index contributed by atoms with van der Waals surface area (Å²) in [4.78, 5) is 0. The molecule has 0 radical (unpaired) electrons. The van der Waals surface area contributed by atoms with E-state index in [1.54, 1.807) is 0 Å². The second-order valence-electron chi connectivity index (χ2n) is 5.28. The summed E-state index contributed by atoms with van der Waals surface area (Å²) in [6, 6.07) is 11.5. The fraction of sp³-hybridized carbons (Fsp3) is 0.647. The summed E-state index contributed by atoms with van der Waals surface area (Å²) < 4.78 is 0. The van der Waals surface area contributed by atoms with Gasteiger partial charge >= 0.3 is 0 Å². The molecule has 0 aromatic heterocycles. The van der Waals surface area contributed by atoms with Crippen molar-refractivity contribution in [2.24, 2.45) is 5.92 Å². The Morgan fingerprint density at radius 1 is 1.06 bits per heavy atom. The molecule has 0 saturated heterocycles. The van der Waals surface area contributed by atoms with Gasteiger partial charge < -0.3 is 5.32 Å². The summed E-state index contributed by atoms with van der Waals surface area (Å²) in [5.74, 6) is 0.888. The Labute approximate surface area is 113 Å². The highest BCUT2D eigenvalue weighted by Gasteiger charge is 2.12. The zero-order chi connectivity index (χ0) is 13.2. The van der Waals surface area contributed by atoms with Crippen LogP contribution in [-0.2, 0) is 6.42 Å². The average molecular weight is 247 g/mol. The van der Waals surface area contributed by atoms with E-state index < -0.39 is 0 Å². The molecule has 1 atom stereocenters. The van der Waals surface area contributed by atoms with Crippen LogP contribution in [0, 0.1) is 5.92 Å². The quantitative estimate of drug-likeness (QED) is 0.681. The smallest absolute Gasteiger partial charge is 0.00668 e. The van der Waals surface area contributed by atoms with Crippen LogP contribution in [-0.4, -0.2) is 13.1 Å². The maximum atomic E-state index is 3.49.